The highest BCUT2D eigenvalue weighted by Crippen LogP contribution is 2.28. The van der Waals surface area contributed by atoms with Crippen molar-refractivity contribution >= 4 is 21.6 Å². The molecule has 0 atom stereocenters. The fourth-order valence-electron chi connectivity index (χ4n) is 2.55. The molecule has 1 rings (SSSR count). The molecule has 0 aliphatic heterocycles. The van der Waals surface area contributed by atoms with Crippen LogP contribution in [0.25, 0.3) is 0 Å². The lowest BCUT2D eigenvalue weighted by atomic mass is 10.1. The molecule has 0 radical (unpaired) electrons. The Kier molecular flexibility index (Phi) is 8.19. The molecule has 1 aromatic rings. The van der Waals surface area contributed by atoms with E-state index in [1.54, 1.807) is 0 Å². The first kappa shape index (κ1) is 17.5. The Bertz CT molecular complexity index is 394. The van der Waals surface area contributed by atoms with Gasteiger partial charge in [0.15, 0.2) is 0 Å². The standard InChI is InChI=1S/C16H27BrN2O/c1-4-15(5-2)19(9-10-20)16-11-14(17)8-7-13(16)12-18-6-3/h7-8,11,15,18,20H,4-6,9-10,12H2,1-3H3. The molecule has 1 aromatic carbocycles. The molecule has 114 valence electrons. The average molecular weight is 343 g/mol. The third-order valence-corrected chi connectivity index (χ3v) is 4.14. The number of halogens is 1. The van der Waals surface area contributed by atoms with E-state index in [0.29, 0.717) is 12.6 Å². The summed E-state index contributed by atoms with van der Waals surface area (Å²) in [7, 11) is 0. The van der Waals surface area contributed by atoms with E-state index in [1.807, 2.05) is 0 Å². The number of aliphatic hydroxyl groups excluding tert-OH is 1. The maximum atomic E-state index is 9.41. The van der Waals surface area contributed by atoms with Gasteiger partial charge < -0.3 is 15.3 Å². The fraction of sp³-hybridized carbons (Fsp3) is 0.625. The largest absolute Gasteiger partial charge is 0.395 e. The van der Waals surface area contributed by atoms with E-state index < -0.39 is 0 Å². The Morgan fingerprint density at radius 2 is 1.95 bits per heavy atom. The van der Waals surface area contributed by atoms with E-state index in [4.69, 9.17) is 0 Å². The highest BCUT2D eigenvalue weighted by atomic mass is 79.9. The summed E-state index contributed by atoms with van der Waals surface area (Å²) in [4.78, 5) is 2.34. The molecular weight excluding hydrogens is 316 g/mol. The minimum atomic E-state index is 0.184. The summed E-state index contributed by atoms with van der Waals surface area (Å²) in [6.07, 6.45) is 2.17. The van der Waals surface area contributed by atoms with Gasteiger partial charge >= 0.3 is 0 Å². The number of rotatable bonds is 9. The van der Waals surface area contributed by atoms with Gasteiger partial charge in [0.25, 0.3) is 0 Å². The Morgan fingerprint density at radius 1 is 1.25 bits per heavy atom. The zero-order valence-corrected chi connectivity index (χ0v) is 14.4. The summed E-state index contributed by atoms with van der Waals surface area (Å²) >= 11 is 3.57. The van der Waals surface area contributed by atoms with Crippen molar-refractivity contribution in [2.24, 2.45) is 0 Å². The van der Waals surface area contributed by atoms with Gasteiger partial charge in [0.05, 0.1) is 6.61 Å². The van der Waals surface area contributed by atoms with Crippen LogP contribution in [0, 0.1) is 0 Å². The van der Waals surface area contributed by atoms with Crippen molar-refractivity contribution in [1.82, 2.24) is 5.32 Å². The average Bonchev–Trinajstić information content (AvgIpc) is 2.46. The molecule has 0 aliphatic rings. The summed E-state index contributed by atoms with van der Waals surface area (Å²) in [5.74, 6) is 0. The first-order valence-corrected chi connectivity index (χ1v) is 8.33. The van der Waals surface area contributed by atoms with Crippen LogP contribution >= 0.6 is 15.9 Å². The van der Waals surface area contributed by atoms with Crippen LogP contribution in [0.1, 0.15) is 39.2 Å². The molecule has 0 bridgehead atoms. The summed E-state index contributed by atoms with van der Waals surface area (Å²) < 4.78 is 1.08. The fourth-order valence-corrected chi connectivity index (χ4v) is 2.90. The van der Waals surface area contributed by atoms with Crippen LogP contribution in [0.5, 0.6) is 0 Å². The number of hydrogen-bond donors (Lipinski definition) is 2. The SMILES string of the molecule is CCNCc1ccc(Br)cc1N(CCO)C(CC)CC. The van der Waals surface area contributed by atoms with E-state index >= 15 is 0 Å². The molecule has 20 heavy (non-hydrogen) atoms. The smallest absolute Gasteiger partial charge is 0.0606 e. The van der Waals surface area contributed by atoms with Crippen molar-refractivity contribution < 1.29 is 5.11 Å². The second kappa shape index (κ2) is 9.37. The highest BCUT2D eigenvalue weighted by Gasteiger charge is 2.18. The Hall–Kier alpha value is -0.580. The quantitative estimate of drug-likeness (QED) is 0.720. The number of aliphatic hydroxyl groups is 1. The predicted octanol–water partition coefficient (Wildman–Crippen LogP) is 3.55. The molecule has 0 spiro atoms. The minimum Gasteiger partial charge on any atom is -0.395 e. The molecule has 0 amide bonds. The van der Waals surface area contributed by atoms with Crippen LogP contribution in [0.3, 0.4) is 0 Å². The molecule has 2 N–H and O–H groups in total. The second-order valence-corrected chi connectivity index (χ2v) is 5.86. The normalized spacial score (nSPS) is 11.1. The van der Waals surface area contributed by atoms with Crippen LogP contribution in [0.15, 0.2) is 22.7 Å². The maximum Gasteiger partial charge on any atom is 0.0606 e. The molecular formula is C16H27BrN2O. The molecule has 3 nitrogen and oxygen atoms in total. The monoisotopic (exact) mass is 342 g/mol. The molecule has 0 fully saturated rings. The van der Waals surface area contributed by atoms with Crippen LogP contribution in [-0.2, 0) is 6.54 Å². The Labute approximate surface area is 131 Å². The van der Waals surface area contributed by atoms with E-state index in [0.717, 1.165) is 30.4 Å². The zero-order chi connectivity index (χ0) is 15.0. The van der Waals surface area contributed by atoms with E-state index in [9.17, 15) is 5.11 Å². The minimum absolute atomic E-state index is 0.184. The molecule has 0 saturated carbocycles. The third-order valence-electron chi connectivity index (χ3n) is 3.65. The van der Waals surface area contributed by atoms with Crippen LogP contribution in [0.2, 0.25) is 0 Å². The number of hydrogen-bond acceptors (Lipinski definition) is 3. The van der Waals surface area contributed by atoms with Crippen molar-refractivity contribution in [3.63, 3.8) is 0 Å². The lowest BCUT2D eigenvalue weighted by molar-refractivity contribution is 0.296. The maximum absolute atomic E-state index is 9.41. The summed E-state index contributed by atoms with van der Waals surface area (Å²) in [6, 6.07) is 6.88. The van der Waals surface area contributed by atoms with Gasteiger partial charge in [-0.15, -0.1) is 0 Å². The summed E-state index contributed by atoms with van der Waals surface area (Å²) in [6.45, 7) is 9.22. The van der Waals surface area contributed by atoms with Gasteiger partial charge in [-0.25, -0.2) is 0 Å². The van der Waals surface area contributed by atoms with Gasteiger partial charge in [-0.3, -0.25) is 0 Å². The van der Waals surface area contributed by atoms with Crippen LogP contribution in [-0.4, -0.2) is 30.8 Å². The lowest BCUT2D eigenvalue weighted by Gasteiger charge is -2.34. The third kappa shape index (κ3) is 4.76. The number of nitrogens with one attached hydrogen (secondary N) is 1. The van der Waals surface area contributed by atoms with Crippen molar-refractivity contribution in [2.45, 2.75) is 46.2 Å². The van der Waals surface area contributed by atoms with Crippen molar-refractivity contribution in [1.29, 1.82) is 0 Å². The topological polar surface area (TPSA) is 35.5 Å². The molecule has 0 saturated heterocycles. The number of benzene rings is 1. The van der Waals surface area contributed by atoms with E-state index in [1.165, 1.54) is 11.3 Å². The Balaban J connectivity index is 3.11. The van der Waals surface area contributed by atoms with Gasteiger partial charge in [-0.05, 0) is 37.1 Å². The first-order chi connectivity index (χ1) is 9.67. The Morgan fingerprint density at radius 3 is 2.50 bits per heavy atom. The van der Waals surface area contributed by atoms with Crippen LogP contribution in [0.4, 0.5) is 5.69 Å². The van der Waals surface area contributed by atoms with Gasteiger partial charge in [0.1, 0.15) is 0 Å². The molecule has 0 aliphatic carbocycles. The first-order valence-electron chi connectivity index (χ1n) is 7.54. The highest BCUT2D eigenvalue weighted by molar-refractivity contribution is 9.10. The van der Waals surface area contributed by atoms with Crippen LogP contribution < -0.4 is 10.2 Å². The molecule has 0 unspecified atom stereocenters. The van der Waals surface area contributed by atoms with E-state index in [-0.39, 0.29) is 6.61 Å². The summed E-state index contributed by atoms with van der Waals surface area (Å²) in [5.41, 5.74) is 2.51. The van der Waals surface area contributed by atoms with Crippen molar-refractivity contribution in [2.75, 3.05) is 24.6 Å². The lowest BCUT2D eigenvalue weighted by Crippen LogP contribution is -2.37. The second-order valence-electron chi connectivity index (χ2n) is 4.94. The molecule has 0 aromatic heterocycles. The van der Waals surface area contributed by atoms with Gasteiger partial charge in [0.2, 0.25) is 0 Å². The van der Waals surface area contributed by atoms with Crippen molar-refractivity contribution in [3.8, 4) is 0 Å². The molecule has 0 heterocycles. The zero-order valence-electron chi connectivity index (χ0n) is 12.8. The number of anilines is 1. The van der Waals surface area contributed by atoms with Crippen molar-refractivity contribution in [3.05, 3.63) is 28.2 Å². The molecule has 4 heteroatoms. The van der Waals surface area contributed by atoms with Gasteiger partial charge in [-0.2, -0.15) is 0 Å². The van der Waals surface area contributed by atoms with Gasteiger partial charge in [-0.1, -0.05) is 42.8 Å². The van der Waals surface area contributed by atoms with Gasteiger partial charge in [0, 0.05) is 29.3 Å². The number of nitrogens with zero attached hydrogens (tertiary/aromatic N) is 1. The predicted molar refractivity (Wildman–Crippen MR) is 90.3 cm³/mol. The van der Waals surface area contributed by atoms with E-state index in [2.05, 4.69) is 65.1 Å². The summed E-state index contributed by atoms with van der Waals surface area (Å²) in [5, 5.41) is 12.8.